The molecule has 3 heteroatoms. The third kappa shape index (κ3) is 1.24. The molecule has 2 atom stereocenters. The van der Waals surface area contributed by atoms with Gasteiger partial charge in [0.2, 0.25) is 0 Å². The third-order valence-corrected chi connectivity index (χ3v) is 3.75. The van der Waals surface area contributed by atoms with E-state index in [1.54, 1.807) is 0 Å². The molecule has 16 heavy (non-hydrogen) atoms. The molecule has 0 aromatic heterocycles. The van der Waals surface area contributed by atoms with Crippen LogP contribution < -0.4 is 5.73 Å². The Kier molecular flexibility index (Phi) is 1.96. The second kappa shape index (κ2) is 3.24. The van der Waals surface area contributed by atoms with Gasteiger partial charge in [0.15, 0.2) is 5.60 Å². The first-order valence-electron chi connectivity index (χ1n) is 5.80. The third-order valence-electron chi connectivity index (χ3n) is 3.75. The van der Waals surface area contributed by atoms with Crippen molar-refractivity contribution in [3.05, 3.63) is 35.4 Å². The van der Waals surface area contributed by atoms with Crippen LogP contribution >= 0.6 is 0 Å². The molecule has 1 aromatic rings. The summed E-state index contributed by atoms with van der Waals surface area (Å²) in [5, 5.41) is 0. The van der Waals surface area contributed by atoms with E-state index in [1.165, 1.54) is 11.1 Å². The van der Waals surface area contributed by atoms with E-state index in [0.717, 1.165) is 12.8 Å². The van der Waals surface area contributed by atoms with Gasteiger partial charge in [0.1, 0.15) is 0 Å². The number of hydrogen-bond acceptors (Lipinski definition) is 3. The van der Waals surface area contributed by atoms with E-state index in [0.29, 0.717) is 18.5 Å². The van der Waals surface area contributed by atoms with Gasteiger partial charge in [-0.15, -0.1) is 0 Å². The van der Waals surface area contributed by atoms with E-state index in [1.807, 2.05) is 0 Å². The Labute approximate surface area is 95.3 Å². The van der Waals surface area contributed by atoms with Crippen LogP contribution in [0.2, 0.25) is 0 Å². The molecule has 3 rings (SSSR count). The summed E-state index contributed by atoms with van der Waals surface area (Å²) in [5.41, 5.74) is 8.05. The minimum atomic E-state index is -0.271. The van der Waals surface area contributed by atoms with Crippen molar-refractivity contribution < 1.29 is 4.74 Å². The van der Waals surface area contributed by atoms with Gasteiger partial charge in [0, 0.05) is 5.56 Å². The molecule has 2 N–H and O–H groups in total. The zero-order valence-electron chi connectivity index (χ0n) is 9.44. The molecular formula is C13H16N2O. The molecule has 1 aliphatic heterocycles. The lowest BCUT2D eigenvalue weighted by atomic mass is 9.74. The Morgan fingerprint density at radius 3 is 3.00 bits per heavy atom. The van der Waals surface area contributed by atoms with Gasteiger partial charge < -0.3 is 10.5 Å². The number of fused-ring (bicyclic) bond motifs is 2. The van der Waals surface area contributed by atoms with Gasteiger partial charge in [-0.25, -0.2) is 4.99 Å². The molecule has 0 amide bonds. The molecular weight excluding hydrogens is 200 g/mol. The number of amidine groups is 1. The van der Waals surface area contributed by atoms with Gasteiger partial charge in [0.05, 0.1) is 6.54 Å². The molecule has 1 aromatic carbocycles. The zero-order chi connectivity index (χ0) is 11.2. The molecule has 1 spiro atoms. The minimum absolute atomic E-state index is 0.271. The number of ether oxygens (including phenoxy) is 1. The second-order valence-electron chi connectivity index (χ2n) is 4.78. The first-order chi connectivity index (χ1) is 7.71. The van der Waals surface area contributed by atoms with Crippen LogP contribution in [0.1, 0.15) is 36.8 Å². The second-order valence-corrected chi connectivity index (χ2v) is 4.78. The van der Waals surface area contributed by atoms with Crippen LogP contribution in [-0.2, 0) is 10.3 Å². The monoisotopic (exact) mass is 216 g/mol. The maximum absolute atomic E-state index is 5.79. The van der Waals surface area contributed by atoms with E-state index in [-0.39, 0.29) is 5.60 Å². The maximum atomic E-state index is 5.79. The highest BCUT2D eigenvalue weighted by atomic mass is 16.5. The van der Waals surface area contributed by atoms with Gasteiger partial charge >= 0.3 is 0 Å². The predicted molar refractivity (Wildman–Crippen MR) is 63.3 cm³/mol. The van der Waals surface area contributed by atoms with Crippen molar-refractivity contribution in [3.8, 4) is 0 Å². The summed E-state index contributed by atoms with van der Waals surface area (Å²) in [6.45, 7) is 2.94. The van der Waals surface area contributed by atoms with Crippen molar-refractivity contribution in [3.63, 3.8) is 0 Å². The summed E-state index contributed by atoms with van der Waals surface area (Å²) < 4.78 is 5.79. The Bertz CT molecular complexity index is 455. The maximum Gasteiger partial charge on any atom is 0.283 e. The normalized spacial score (nSPS) is 32.1. The first-order valence-corrected chi connectivity index (χ1v) is 5.80. The molecule has 84 valence electrons. The highest BCUT2D eigenvalue weighted by molar-refractivity contribution is 5.74. The Morgan fingerprint density at radius 1 is 1.44 bits per heavy atom. The summed E-state index contributed by atoms with van der Waals surface area (Å²) in [7, 11) is 0. The van der Waals surface area contributed by atoms with Gasteiger partial charge in [-0.2, -0.15) is 0 Å². The smallest absolute Gasteiger partial charge is 0.283 e. The SMILES string of the molecule is CC1CCC2(CN=C(N)O2)c2ccccc21. The van der Waals surface area contributed by atoms with Crippen molar-refractivity contribution in [1.29, 1.82) is 0 Å². The first kappa shape index (κ1) is 9.70. The van der Waals surface area contributed by atoms with Crippen molar-refractivity contribution in [2.24, 2.45) is 10.7 Å². The number of hydrogen-bond donors (Lipinski definition) is 1. The topological polar surface area (TPSA) is 47.6 Å². The fraction of sp³-hybridized carbons (Fsp3) is 0.462. The number of nitrogens with zero attached hydrogens (tertiary/aromatic N) is 1. The summed E-state index contributed by atoms with van der Waals surface area (Å²) in [4.78, 5) is 4.21. The number of nitrogens with two attached hydrogens (primary N) is 1. The van der Waals surface area contributed by atoms with Crippen molar-refractivity contribution in [1.82, 2.24) is 0 Å². The van der Waals surface area contributed by atoms with E-state index in [2.05, 4.69) is 36.2 Å². The summed E-state index contributed by atoms with van der Waals surface area (Å²) in [5.74, 6) is 0.604. The van der Waals surface area contributed by atoms with Gasteiger partial charge in [-0.3, -0.25) is 0 Å². The lowest BCUT2D eigenvalue weighted by Crippen LogP contribution is -2.36. The standard InChI is InChI=1S/C13H16N2O/c1-9-6-7-13(8-15-12(14)16-13)11-5-3-2-4-10(9)11/h2-5,9H,6-8H2,1H3,(H2,14,15). The highest BCUT2D eigenvalue weighted by Crippen LogP contribution is 2.45. The Morgan fingerprint density at radius 2 is 2.25 bits per heavy atom. The molecule has 2 aliphatic rings. The van der Waals surface area contributed by atoms with Crippen molar-refractivity contribution >= 4 is 6.02 Å². The summed E-state index contributed by atoms with van der Waals surface area (Å²) >= 11 is 0. The number of aliphatic imine (C=N–C) groups is 1. The van der Waals surface area contributed by atoms with E-state index >= 15 is 0 Å². The van der Waals surface area contributed by atoms with Crippen LogP contribution in [0.5, 0.6) is 0 Å². The van der Waals surface area contributed by atoms with Crippen molar-refractivity contribution in [2.75, 3.05) is 6.54 Å². The van der Waals surface area contributed by atoms with Crippen LogP contribution in [0.3, 0.4) is 0 Å². The van der Waals surface area contributed by atoms with Crippen LogP contribution in [0.15, 0.2) is 29.3 Å². The van der Waals surface area contributed by atoms with Crippen LogP contribution in [0.25, 0.3) is 0 Å². The van der Waals surface area contributed by atoms with E-state index in [9.17, 15) is 0 Å². The number of benzene rings is 1. The van der Waals surface area contributed by atoms with Crippen LogP contribution in [0, 0.1) is 0 Å². The molecule has 3 nitrogen and oxygen atoms in total. The van der Waals surface area contributed by atoms with E-state index < -0.39 is 0 Å². The molecule has 1 heterocycles. The average Bonchev–Trinajstić information content (AvgIpc) is 2.68. The molecule has 1 aliphatic carbocycles. The predicted octanol–water partition coefficient (Wildman–Crippen LogP) is 2.12. The molecule has 0 saturated carbocycles. The molecule has 0 bridgehead atoms. The quantitative estimate of drug-likeness (QED) is 0.722. The molecule has 2 unspecified atom stereocenters. The summed E-state index contributed by atoms with van der Waals surface area (Å²) in [6.07, 6.45) is 2.15. The minimum Gasteiger partial charge on any atom is -0.452 e. The lowest BCUT2D eigenvalue weighted by Gasteiger charge is -2.36. The molecule has 0 radical (unpaired) electrons. The largest absolute Gasteiger partial charge is 0.452 e. The molecule has 0 saturated heterocycles. The van der Waals surface area contributed by atoms with Crippen molar-refractivity contribution in [2.45, 2.75) is 31.3 Å². The average molecular weight is 216 g/mol. The zero-order valence-corrected chi connectivity index (χ0v) is 9.44. The fourth-order valence-corrected chi connectivity index (χ4v) is 2.82. The fourth-order valence-electron chi connectivity index (χ4n) is 2.82. The van der Waals surface area contributed by atoms with Crippen LogP contribution in [-0.4, -0.2) is 12.6 Å². The van der Waals surface area contributed by atoms with Gasteiger partial charge in [-0.1, -0.05) is 31.2 Å². The Hall–Kier alpha value is -1.51. The summed E-state index contributed by atoms with van der Waals surface area (Å²) in [6, 6.07) is 8.84. The lowest BCUT2D eigenvalue weighted by molar-refractivity contribution is 0.0601. The van der Waals surface area contributed by atoms with Gasteiger partial charge in [0.25, 0.3) is 6.02 Å². The highest BCUT2D eigenvalue weighted by Gasteiger charge is 2.43. The van der Waals surface area contributed by atoms with Crippen LogP contribution in [0.4, 0.5) is 0 Å². The van der Waals surface area contributed by atoms with Gasteiger partial charge in [-0.05, 0) is 24.3 Å². The van der Waals surface area contributed by atoms with E-state index in [4.69, 9.17) is 10.5 Å². The number of rotatable bonds is 0. The Balaban J connectivity index is 2.09. The molecule has 0 fully saturated rings.